The van der Waals surface area contributed by atoms with Crippen molar-refractivity contribution < 1.29 is 26.1 Å². The van der Waals surface area contributed by atoms with E-state index in [1.807, 2.05) is 32.0 Å². The molecule has 0 atom stereocenters. The number of carbonyl (C=O) groups excluding carboxylic acids is 2. The first-order valence-corrected chi connectivity index (χ1v) is 4.35. The molecule has 0 unspecified atom stereocenters. The first kappa shape index (κ1) is 17.3. The molecule has 0 aliphatic heterocycles. The third kappa shape index (κ3) is 4.15. The van der Waals surface area contributed by atoms with Crippen LogP contribution in [0, 0.1) is 21.3 Å². The number of nitrogens with zero attached hydrogens (tertiary/aromatic N) is 1. The van der Waals surface area contributed by atoms with E-state index >= 15 is 0 Å². The van der Waals surface area contributed by atoms with E-state index in [4.69, 9.17) is 0 Å². The average Bonchev–Trinajstić information content (AvgIpc) is 2.11. The van der Waals surface area contributed by atoms with Crippen LogP contribution in [0.15, 0.2) is 18.2 Å². The van der Waals surface area contributed by atoms with Crippen molar-refractivity contribution in [3.8, 4) is 0 Å². The van der Waals surface area contributed by atoms with Gasteiger partial charge in [0.15, 0.2) is 5.78 Å². The quantitative estimate of drug-likeness (QED) is 0.468. The van der Waals surface area contributed by atoms with Crippen molar-refractivity contribution >= 4 is 17.4 Å². The Morgan fingerprint density at radius 3 is 1.94 bits per heavy atom. The van der Waals surface area contributed by atoms with Gasteiger partial charge in [-0.05, 0) is 13.8 Å². The first-order valence-electron chi connectivity index (χ1n) is 4.35. The van der Waals surface area contributed by atoms with Crippen LogP contribution in [0.3, 0.4) is 0 Å². The van der Waals surface area contributed by atoms with Gasteiger partial charge in [-0.3, -0.25) is 4.79 Å². The second-order valence-electron chi connectivity index (χ2n) is 3.21. The van der Waals surface area contributed by atoms with E-state index in [-0.39, 0.29) is 23.9 Å². The van der Waals surface area contributed by atoms with Gasteiger partial charge >= 0.3 is 16.5 Å². The van der Waals surface area contributed by atoms with Crippen molar-refractivity contribution in [2.24, 2.45) is 0 Å². The Morgan fingerprint density at radius 2 is 1.56 bits per heavy atom. The second-order valence-corrected chi connectivity index (χ2v) is 3.21. The van der Waals surface area contributed by atoms with E-state index in [0.29, 0.717) is 5.69 Å². The molecule has 0 fully saturated rings. The molecule has 0 saturated heterocycles. The van der Waals surface area contributed by atoms with Crippen LogP contribution in [0.5, 0.6) is 0 Å². The Labute approximate surface area is 107 Å². The molecule has 1 rings (SSSR count). The molecule has 1 aromatic rings. The summed E-state index contributed by atoms with van der Waals surface area (Å²) in [4.78, 5) is 21.8. The maximum absolute atomic E-state index is 11.1. The molecule has 0 radical (unpaired) electrons. The number of ketones is 1. The molecule has 4 heteroatoms. The molecule has 0 bridgehead atoms. The van der Waals surface area contributed by atoms with Crippen LogP contribution in [-0.4, -0.2) is 11.7 Å². The normalized spacial score (nSPS) is 8.44. The SMILES string of the molecule is CC(=O)C(=O)[N-]c1c(C)cccc1C.[CH3-].[Ni+2]. The Morgan fingerprint density at radius 1 is 1.12 bits per heavy atom. The number of carbonyl (C=O) groups is 2. The van der Waals surface area contributed by atoms with E-state index in [1.54, 1.807) is 0 Å². The molecule has 90 valence electrons. The van der Waals surface area contributed by atoms with Gasteiger partial charge in [-0.15, -0.1) is 5.69 Å². The predicted octanol–water partition coefficient (Wildman–Crippen LogP) is 2.87. The Bertz CT molecular complexity index is 368. The zero-order valence-electron chi connectivity index (χ0n) is 9.81. The van der Waals surface area contributed by atoms with Gasteiger partial charge in [-0.2, -0.15) is 0 Å². The van der Waals surface area contributed by atoms with Crippen molar-refractivity contribution in [2.75, 3.05) is 0 Å². The van der Waals surface area contributed by atoms with E-state index in [1.165, 1.54) is 6.92 Å². The topological polar surface area (TPSA) is 48.2 Å². The third-order valence-corrected chi connectivity index (χ3v) is 1.95. The number of benzene rings is 1. The van der Waals surface area contributed by atoms with Gasteiger partial charge in [0.1, 0.15) is 5.91 Å². The van der Waals surface area contributed by atoms with Gasteiger partial charge in [0.05, 0.1) is 0 Å². The minimum atomic E-state index is -0.692. The fraction of sp³-hybridized carbons (Fsp3) is 0.250. The molecule has 0 aliphatic carbocycles. The summed E-state index contributed by atoms with van der Waals surface area (Å²) in [5, 5.41) is 3.77. The van der Waals surface area contributed by atoms with Crippen LogP contribution < -0.4 is 0 Å². The molecular weight excluding hydrogens is 249 g/mol. The van der Waals surface area contributed by atoms with Crippen LogP contribution in [0.25, 0.3) is 5.32 Å². The van der Waals surface area contributed by atoms with Crippen LogP contribution in [0.4, 0.5) is 5.69 Å². The third-order valence-electron chi connectivity index (χ3n) is 1.95. The predicted molar refractivity (Wildman–Crippen MR) is 61.0 cm³/mol. The number of Topliss-reactive ketones (excluding diaryl/α,β-unsaturated/α-hetero) is 1. The van der Waals surface area contributed by atoms with Crippen LogP contribution in [0.1, 0.15) is 18.1 Å². The molecule has 3 nitrogen and oxygen atoms in total. The fourth-order valence-corrected chi connectivity index (χ4v) is 1.16. The van der Waals surface area contributed by atoms with Crippen molar-refractivity contribution in [2.45, 2.75) is 20.8 Å². The number of rotatable bonds is 2. The Hall–Kier alpha value is -1.15. The van der Waals surface area contributed by atoms with E-state index in [9.17, 15) is 9.59 Å². The summed E-state index contributed by atoms with van der Waals surface area (Å²) < 4.78 is 0. The zero-order valence-corrected chi connectivity index (χ0v) is 10.8. The minimum absolute atomic E-state index is 0. The first-order chi connectivity index (χ1) is 6.52. The average molecular weight is 264 g/mol. The number of para-hydroxylation sites is 1. The molecule has 16 heavy (non-hydrogen) atoms. The minimum Gasteiger partial charge on any atom is -0.620 e. The van der Waals surface area contributed by atoms with Crippen LogP contribution in [0.2, 0.25) is 0 Å². The van der Waals surface area contributed by atoms with Gasteiger partial charge in [-0.1, -0.05) is 29.3 Å². The zero-order chi connectivity index (χ0) is 10.7. The standard InChI is InChI=1S/C11H13NO2.CH3.Ni/c1-7-5-4-6-8(2)10(7)12-11(14)9(3)13;;/h4-6H,1-3H3,(H,12,14);1H3;/q;-1;+2/p-1. The molecule has 0 aromatic heterocycles. The number of hydrogen-bond donors (Lipinski definition) is 0. The Kier molecular flexibility index (Phi) is 7.74. The summed E-state index contributed by atoms with van der Waals surface area (Å²) in [7, 11) is 0. The van der Waals surface area contributed by atoms with Crippen molar-refractivity contribution in [1.82, 2.24) is 0 Å². The maximum Gasteiger partial charge on any atom is 2.00 e. The second kappa shape index (κ2) is 7.18. The van der Waals surface area contributed by atoms with E-state index < -0.39 is 11.7 Å². The number of hydrogen-bond acceptors (Lipinski definition) is 2. The summed E-state index contributed by atoms with van der Waals surface area (Å²) in [6.07, 6.45) is 0. The van der Waals surface area contributed by atoms with Crippen molar-refractivity contribution in [1.29, 1.82) is 0 Å². The van der Waals surface area contributed by atoms with Gasteiger partial charge in [0, 0.05) is 6.92 Å². The molecule has 1 aromatic carbocycles. The molecule has 0 spiro atoms. The molecule has 0 saturated carbocycles. The van der Waals surface area contributed by atoms with Crippen molar-refractivity contribution in [3.05, 3.63) is 42.1 Å². The molecule has 0 heterocycles. The summed E-state index contributed by atoms with van der Waals surface area (Å²) in [6, 6.07) is 5.61. The molecular formula is C12H15NNiO2. The largest absolute Gasteiger partial charge is 2.00 e. The van der Waals surface area contributed by atoms with E-state index in [2.05, 4.69) is 5.32 Å². The van der Waals surface area contributed by atoms with Crippen molar-refractivity contribution in [3.63, 3.8) is 0 Å². The monoisotopic (exact) mass is 263 g/mol. The molecule has 0 N–H and O–H groups in total. The fourth-order valence-electron chi connectivity index (χ4n) is 1.16. The Balaban J connectivity index is 0. The molecule has 0 aliphatic rings. The van der Waals surface area contributed by atoms with Gasteiger partial charge in [-0.25, -0.2) is 0 Å². The summed E-state index contributed by atoms with van der Waals surface area (Å²) in [5.41, 5.74) is 2.41. The number of amides is 1. The smallest absolute Gasteiger partial charge is 0.620 e. The van der Waals surface area contributed by atoms with Gasteiger partial charge in [0.25, 0.3) is 0 Å². The number of aryl methyl sites for hydroxylation is 2. The summed E-state index contributed by atoms with van der Waals surface area (Å²) in [5.74, 6) is -1.23. The van der Waals surface area contributed by atoms with Gasteiger partial charge < -0.3 is 17.5 Å². The summed E-state index contributed by atoms with van der Waals surface area (Å²) >= 11 is 0. The van der Waals surface area contributed by atoms with E-state index in [0.717, 1.165) is 11.1 Å². The van der Waals surface area contributed by atoms with Gasteiger partial charge in [0.2, 0.25) is 0 Å². The van der Waals surface area contributed by atoms with Crippen LogP contribution >= 0.6 is 0 Å². The summed E-state index contributed by atoms with van der Waals surface area (Å²) in [6.45, 7) is 4.94. The van der Waals surface area contributed by atoms with Crippen LogP contribution in [-0.2, 0) is 26.1 Å². The molecule has 1 amide bonds. The maximum atomic E-state index is 11.1.